The predicted molar refractivity (Wildman–Crippen MR) is 81.6 cm³/mol. The van der Waals surface area contributed by atoms with Gasteiger partial charge in [0.1, 0.15) is 5.75 Å². The summed E-state index contributed by atoms with van der Waals surface area (Å²) in [6.07, 6.45) is 1.77. The SMILES string of the molecule is CCC[C@@H](N)C(=O)NC(C)c1ccc(OC(C)C)cc1. The molecular weight excluding hydrogens is 252 g/mol. The minimum Gasteiger partial charge on any atom is -0.491 e. The third-order valence-corrected chi connectivity index (χ3v) is 3.05. The summed E-state index contributed by atoms with van der Waals surface area (Å²) >= 11 is 0. The third kappa shape index (κ3) is 5.21. The molecule has 0 bridgehead atoms. The van der Waals surface area contributed by atoms with Crippen LogP contribution in [-0.4, -0.2) is 18.1 Å². The summed E-state index contributed by atoms with van der Waals surface area (Å²) in [4.78, 5) is 11.9. The van der Waals surface area contributed by atoms with Crippen molar-refractivity contribution >= 4 is 5.91 Å². The molecule has 20 heavy (non-hydrogen) atoms. The Morgan fingerprint density at radius 2 is 1.85 bits per heavy atom. The quantitative estimate of drug-likeness (QED) is 0.806. The van der Waals surface area contributed by atoms with Crippen LogP contribution in [-0.2, 0) is 4.79 Å². The fourth-order valence-electron chi connectivity index (χ4n) is 1.95. The number of nitrogens with two attached hydrogens (primary N) is 1. The van der Waals surface area contributed by atoms with Crippen LogP contribution in [0.25, 0.3) is 0 Å². The maximum Gasteiger partial charge on any atom is 0.237 e. The average Bonchev–Trinajstić information content (AvgIpc) is 2.39. The molecule has 3 N–H and O–H groups in total. The highest BCUT2D eigenvalue weighted by Gasteiger charge is 2.15. The molecule has 1 unspecified atom stereocenters. The van der Waals surface area contributed by atoms with Crippen molar-refractivity contribution in [3.8, 4) is 5.75 Å². The smallest absolute Gasteiger partial charge is 0.237 e. The highest BCUT2D eigenvalue weighted by Crippen LogP contribution is 2.18. The van der Waals surface area contributed by atoms with E-state index in [-0.39, 0.29) is 18.1 Å². The zero-order chi connectivity index (χ0) is 15.1. The van der Waals surface area contributed by atoms with E-state index in [1.807, 2.05) is 52.0 Å². The summed E-state index contributed by atoms with van der Waals surface area (Å²) in [6, 6.07) is 7.29. The largest absolute Gasteiger partial charge is 0.491 e. The Morgan fingerprint density at radius 3 is 2.35 bits per heavy atom. The molecule has 0 heterocycles. The molecule has 0 aliphatic heterocycles. The molecular formula is C16H26N2O2. The van der Waals surface area contributed by atoms with Crippen LogP contribution in [0.4, 0.5) is 0 Å². The first-order valence-corrected chi connectivity index (χ1v) is 7.26. The molecule has 0 saturated heterocycles. The summed E-state index contributed by atoms with van der Waals surface area (Å²) in [6.45, 7) is 7.96. The number of amides is 1. The van der Waals surface area contributed by atoms with Crippen molar-refractivity contribution < 1.29 is 9.53 Å². The van der Waals surface area contributed by atoms with Gasteiger partial charge in [-0.2, -0.15) is 0 Å². The number of hydrogen-bond acceptors (Lipinski definition) is 3. The topological polar surface area (TPSA) is 64.4 Å². The predicted octanol–water partition coefficient (Wildman–Crippen LogP) is 2.78. The van der Waals surface area contributed by atoms with Gasteiger partial charge in [0, 0.05) is 0 Å². The van der Waals surface area contributed by atoms with Crippen LogP contribution >= 0.6 is 0 Å². The molecule has 0 aromatic heterocycles. The van der Waals surface area contributed by atoms with Gasteiger partial charge in [0.2, 0.25) is 5.91 Å². The normalized spacial score (nSPS) is 13.9. The number of rotatable bonds is 7. The van der Waals surface area contributed by atoms with E-state index in [2.05, 4.69) is 5.32 Å². The molecule has 0 radical (unpaired) electrons. The summed E-state index contributed by atoms with van der Waals surface area (Å²) in [7, 11) is 0. The fraction of sp³-hybridized carbons (Fsp3) is 0.562. The molecule has 4 heteroatoms. The molecule has 1 amide bonds. The molecule has 2 atom stereocenters. The van der Waals surface area contributed by atoms with Crippen molar-refractivity contribution in [1.29, 1.82) is 0 Å². The second kappa shape index (κ2) is 7.90. The van der Waals surface area contributed by atoms with E-state index >= 15 is 0 Å². The maximum atomic E-state index is 11.9. The zero-order valence-corrected chi connectivity index (χ0v) is 12.8. The van der Waals surface area contributed by atoms with Crippen LogP contribution in [0.15, 0.2) is 24.3 Å². The van der Waals surface area contributed by atoms with Gasteiger partial charge in [-0.1, -0.05) is 25.5 Å². The van der Waals surface area contributed by atoms with Gasteiger partial charge < -0.3 is 15.8 Å². The molecule has 0 spiro atoms. The van der Waals surface area contributed by atoms with Crippen LogP contribution in [0.3, 0.4) is 0 Å². The number of nitrogens with one attached hydrogen (secondary N) is 1. The highest BCUT2D eigenvalue weighted by atomic mass is 16.5. The molecule has 1 aromatic rings. The summed E-state index contributed by atoms with van der Waals surface area (Å²) in [5.74, 6) is 0.742. The monoisotopic (exact) mass is 278 g/mol. The van der Waals surface area contributed by atoms with E-state index < -0.39 is 6.04 Å². The van der Waals surface area contributed by atoms with E-state index in [1.54, 1.807) is 0 Å². The van der Waals surface area contributed by atoms with Crippen LogP contribution in [0, 0.1) is 0 Å². The fourth-order valence-corrected chi connectivity index (χ4v) is 1.95. The van der Waals surface area contributed by atoms with Gasteiger partial charge in [0.25, 0.3) is 0 Å². The molecule has 0 aliphatic rings. The Bertz CT molecular complexity index is 415. The second-order valence-corrected chi connectivity index (χ2v) is 5.36. The summed E-state index contributed by atoms with van der Waals surface area (Å²) in [5.41, 5.74) is 6.84. The Hall–Kier alpha value is -1.55. The lowest BCUT2D eigenvalue weighted by Gasteiger charge is -2.18. The van der Waals surface area contributed by atoms with Crippen LogP contribution < -0.4 is 15.8 Å². The van der Waals surface area contributed by atoms with Gasteiger partial charge in [-0.05, 0) is 44.9 Å². The molecule has 0 saturated carbocycles. The van der Waals surface area contributed by atoms with Gasteiger partial charge in [0.15, 0.2) is 0 Å². The first-order chi connectivity index (χ1) is 9.43. The van der Waals surface area contributed by atoms with Crippen molar-refractivity contribution in [2.24, 2.45) is 5.73 Å². The van der Waals surface area contributed by atoms with Gasteiger partial charge in [-0.3, -0.25) is 4.79 Å². The molecule has 0 fully saturated rings. The van der Waals surface area contributed by atoms with E-state index in [0.717, 1.165) is 17.7 Å². The van der Waals surface area contributed by atoms with Crippen molar-refractivity contribution in [2.45, 2.75) is 58.7 Å². The van der Waals surface area contributed by atoms with Crippen LogP contribution in [0.5, 0.6) is 5.75 Å². The lowest BCUT2D eigenvalue weighted by Crippen LogP contribution is -2.41. The molecule has 1 rings (SSSR count). The van der Waals surface area contributed by atoms with E-state index in [0.29, 0.717) is 6.42 Å². The number of carbonyl (C=O) groups excluding carboxylic acids is 1. The maximum absolute atomic E-state index is 11.9. The van der Waals surface area contributed by atoms with Crippen molar-refractivity contribution in [1.82, 2.24) is 5.32 Å². The van der Waals surface area contributed by atoms with Crippen LogP contribution in [0.1, 0.15) is 52.1 Å². The first-order valence-electron chi connectivity index (χ1n) is 7.26. The molecule has 4 nitrogen and oxygen atoms in total. The minimum atomic E-state index is -0.425. The Labute approximate surface area is 121 Å². The Morgan fingerprint density at radius 1 is 1.25 bits per heavy atom. The number of carbonyl (C=O) groups is 1. The second-order valence-electron chi connectivity index (χ2n) is 5.36. The Balaban J connectivity index is 2.59. The number of hydrogen-bond donors (Lipinski definition) is 2. The number of benzene rings is 1. The van der Waals surface area contributed by atoms with Crippen molar-refractivity contribution in [3.05, 3.63) is 29.8 Å². The number of ether oxygens (including phenoxy) is 1. The van der Waals surface area contributed by atoms with Gasteiger partial charge >= 0.3 is 0 Å². The molecule has 112 valence electrons. The minimum absolute atomic E-state index is 0.0569. The van der Waals surface area contributed by atoms with E-state index in [1.165, 1.54) is 0 Å². The van der Waals surface area contributed by atoms with Gasteiger partial charge in [0.05, 0.1) is 18.2 Å². The standard InChI is InChI=1S/C16H26N2O2/c1-5-6-15(17)16(19)18-12(4)13-7-9-14(10-8-13)20-11(2)3/h7-12,15H,5-6,17H2,1-4H3,(H,18,19)/t12?,15-/m1/s1. The summed E-state index contributed by atoms with van der Waals surface area (Å²) < 4.78 is 5.59. The summed E-state index contributed by atoms with van der Waals surface area (Å²) in [5, 5.41) is 2.94. The van der Waals surface area contributed by atoms with Crippen molar-refractivity contribution in [2.75, 3.05) is 0 Å². The zero-order valence-electron chi connectivity index (χ0n) is 12.8. The van der Waals surface area contributed by atoms with Gasteiger partial charge in [-0.25, -0.2) is 0 Å². The highest BCUT2D eigenvalue weighted by molar-refractivity contribution is 5.81. The molecule has 0 aliphatic carbocycles. The van der Waals surface area contributed by atoms with Crippen molar-refractivity contribution in [3.63, 3.8) is 0 Å². The third-order valence-electron chi connectivity index (χ3n) is 3.05. The first kappa shape index (κ1) is 16.5. The van der Waals surface area contributed by atoms with E-state index in [4.69, 9.17) is 10.5 Å². The average molecular weight is 278 g/mol. The lowest BCUT2D eigenvalue weighted by molar-refractivity contribution is -0.123. The van der Waals surface area contributed by atoms with Gasteiger partial charge in [-0.15, -0.1) is 0 Å². The van der Waals surface area contributed by atoms with E-state index in [9.17, 15) is 4.79 Å². The lowest BCUT2D eigenvalue weighted by atomic mass is 10.1. The molecule has 1 aromatic carbocycles. The van der Waals surface area contributed by atoms with Crippen LogP contribution in [0.2, 0.25) is 0 Å². The Kier molecular flexibility index (Phi) is 6.52.